The molecule has 0 bridgehead atoms. The molecule has 0 unspecified atom stereocenters. The average molecular weight is 678 g/mol. The molecule has 9 rings (SSSR count). The standard InChI is InChI=1S/C52H39N/c1-36-31-39(34-48-37(2)32-44(35-49(36)48)53(42-21-11-5-12-22-42)43-23-13-6-14-24-43)28-27-38-29-30-47-50(33-38)52(41-19-9-4-10-20-41)46-26-16-15-25-45(46)51(47)40-17-7-3-8-18-40/h3-35H,1-2H3/b28-27+. The number of rotatable bonds is 7. The first-order valence-electron chi connectivity index (χ1n) is 18.3. The molecule has 0 saturated carbocycles. The largest absolute Gasteiger partial charge is 0.310 e. The molecule has 0 N–H and O–H groups in total. The molecule has 9 aromatic rings. The minimum atomic E-state index is 1.14. The number of benzene rings is 9. The van der Waals surface area contributed by atoms with Crippen LogP contribution in [-0.4, -0.2) is 0 Å². The molecule has 0 heterocycles. The molecular formula is C52H39N. The molecule has 0 aromatic heterocycles. The summed E-state index contributed by atoms with van der Waals surface area (Å²) < 4.78 is 0. The lowest BCUT2D eigenvalue weighted by molar-refractivity contribution is 1.28. The number of nitrogens with zero attached hydrogens (tertiary/aromatic N) is 1. The van der Waals surface area contributed by atoms with Gasteiger partial charge in [-0.05, 0) is 139 Å². The predicted octanol–water partition coefficient (Wildman–Crippen LogP) is 14.7. The Morgan fingerprint density at radius 3 is 1.34 bits per heavy atom. The smallest absolute Gasteiger partial charge is 0.0470 e. The fraction of sp³-hybridized carbons (Fsp3) is 0.0385. The fourth-order valence-electron chi connectivity index (χ4n) is 7.98. The maximum Gasteiger partial charge on any atom is 0.0470 e. The Balaban J connectivity index is 1.15. The van der Waals surface area contributed by atoms with Crippen molar-refractivity contribution in [1.82, 2.24) is 0 Å². The highest BCUT2D eigenvalue weighted by molar-refractivity contribution is 6.21. The maximum atomic E-state index is 2.38. The molecule has 1 nitrogen and oxygen atoms in total. The molecule has 0 aliphatic heterocycles. The SMILES string of the molecule is Cc1cc(N(c2ccccc2)c2ccccc2)cc2c(C)cc(/C=C/c3ccc4c(-c5ccccc5)c5ccccc5c(-c5ccccc5)c4c3)cc12. The normalized spacial score (nSPS) is 11.5. The molecule has 0 fully saturated rings. The van der Waals surface area contributed by atoms with E-state index in [0.29, 0.717) is 0 Å². The van der Waals surface area contributed by atoms with Crippen LogP contribution >= 0.6 is 0 Å². The third-order valence-corrected chi connectivity index (χ3v) is 10.4. The minimum absolute atomic E-state index is 1.14. The Morgan fingerprint density at radius 2 is 0.755 bits per heavy atom. The van der Waals surface area contributed by atoms with Gasteiger partial charge in [0, 0.05) is 17.1 Å². The van der Waals surface area contributed by atoms with E-state index in [1.807, 2.05) is 0 Å². The molecule has 0 atom stereocenters. The molecule has 252 valence electrons. The zero-order valence-electron chi connectivity index (χ0n) is 30.0. The predicted molar refractivity (Wildman–Crippen MR) is 229 cm³/mol. The van der Waals surface area contributed by atoms with Crippen LogP contribution in [-0.2, 0) is 0 Å². The van der Waals surface area contributed by atoms with Gasteiger partial charge in [-0.3, -0.25) is 0 Å². The number of aryl methyl sites for hydroxylation is 2. The zero-order chi connectivity index (χ0) is 35.7. The summed E-state index contributed by atoms with van der Waals surface area (Å²) in [5.74, 6) is 0. The fourth-order valence-corrected chi connectivity index (χ4v) is 7.98. The van der Waals surface area contributed by atoms with Crippen LogP contribution in [0.1, 0.15) is 22.3 Å². The van der Waals surface area contributed by atoms with E-state index in [0.717, 1.165) is 17.1 Å². The molecule has 0 aliphatic rings. The van der Waals surface area contributed by atoms with Gasteiger partial charge in [0.25, 0.3) is 0 Å². The molecule has 1 heteroatoms. The number of para-hydroxylation sites is 2. The number of hydrogen-bond donors (Lipinski definition) is 0. The van der Waals surface area contributed by atoms with E-state index in [1.54, 1.807) is 0 Å². The highest BCUT2D eigenvalue weighted by Gasteiger charge is 2.17. The zero-order valence-corrected chi connectivity index (χ0v) is 30.0. The highest BCUT2D eigenvalue weighted by Crippen LogP contribution is 2.44. The molecule has 0 amide bonds. The second-order valence-corrected chi connectivity index (χ2v) is 13.9. The summed E-state index contributed by atoms with van der Waals surface area (Å²) in [5, 5.41) is 7.61. The van der Waals surface area contributed by atoms with E-state index in [-0.39, 0.29) is 0 Å². The molecule has 0 spiro atoms. The van der Waals surface area contributed by atoms with Gasteiger partial charge in [0.1, 0.15) is 0 Å². The first-order valence-corrected chi connectivity index (χ1v) is 18.3. The second-order valence-electron chi connectivity index (χ2n) is 13.9. The van der Waals surface area contributed by atoms with Gasteiger partial charge in [-0.25, -0.2) is 0 Å². The van der Waals surface area contributed by atoms with Crippen LogP contribution in [0.3, 0.4) is 0 Å². The van der Waals surface area contributed by atoms with E-state index in [2.05, 4.69) is 219 Å². The average Bonchev–Trinajstić information content (AvgIpc) is 3.21. The van der Waals surface area contributed by atoms with Gasteiger partial charge in [0.15, 0.2) is 0 Å². The number of anilines is 3. The Kier molecular flexibility index (Phi) is 8.38. The number of fused-ring (bicyclic) bond motifs is 3. The van der Waals surface area contributed by atoms with E-state index in [1.165, 1.54) is 76.8 Å². The van der Waals surface area contributed by atoms with Crippen molar-refractivity contribution in [2.45, 2.75) is 13.8 Å². The topological polar surface area (TPSA) is 3.24 Å². The van der Waals surface area contributed by atoms with Crippen molar-refractivity contribution in [2.24, 2.45) is 0 Å². The van der Waals surface area contributed by atoms with Crippen LogP contribution in [0.15, 0.2) is 188 Å². The van der Waals surface area contributed by atoms with E-state index in [4.69, 9.17) is 0 Å². The molecule has 53 heavy (non-hydrogen) atoms. The van der Waals surface area contributed by atoms with E-state index >= 15 is 0 Å². The summed E-state index contributed by atoms with van der Waals surface area (Å²) in [6.07, 6.45) is 4.53. The van der Waals surface area contributed by atoms with Crippen LogP contribution in [0.25, 0.3) is 66.7 Å². The maximum absolute atomic E-state index is 2.38. The van der Waals surface area contributed by atoms with Crippen LogP contribution in [0.5, 0.6) is 0 Å². The van der Waals surface area contributed by atoms with Crippen LogP contribution in [0.2, 0.25) is 0 Å². The van der Waals surface area contributed by atoms with Gasteiger partial charge in [-0.2, -0.15) is 0 Å². The summed E-state index contributed by atoms with van der Waals surface area (Å²) in [4.78, 5) is 2.34. The number of hydrogen-bond acceptors (Lipinski definition) is 1. The lowest BCUT2D eigenvalue weighted by atomic mass is 9.85. The quantitative estimate of drug-likeness (QED) is 0.120. The van der Waals surface area contributed by atoms with Crippen molar-refractivity contribution in [3.05, 3.63) is 210 Å². The van der Waals surface area contributed by atoms with Gasteiger partial charge in [0.05, 0.1) is 0 Å². The Morgan fingerprint density at radius 1 is 0.321 bits per heavy atom. The third kappa shape index (κ3) is 6.07. The summed E-state index contributed by atoms with van der Waals surface area (Å²) in [5.41, 5.74) is 13.4. The Labute approximate surface area is 311 Å². The Bertz CT molecular complexity index is 2730. The van der Waals surface area contributed by atoms with Crippen molar-refractivity contribution in [2.75, 3.05) is 4.90 Å². The second kappa shape index (κ2) is 13.8. The summed E-state index contributed by atoms with van der Waals surface area (Å²) in [7, 11) is 0. The van der Waals surface area contributed by atoms with Crippen LogP contribution < -0.4 is 4.90 Å². The van der Waals surface area contributed by atoms with Crippen molar-refractivity contribution >= 4 is 61.5 Å². The minimum Gasteiger partial charge on any atom is -0.310 e. The summed E-state index contributed by atoms with van der Waals surface area (Å²) in [6.45, 7) is 4.46. The van der Waals surface area contributed by atoms with Crippen LogP contribution in [0, 0.1) is 13.8 Å². The monoisotopic (exact) mass is 677 g/mol. The first-order chi connectivity index (χ1) is 26.1. The van der Waals surface area contributed by atoms with Crippen molar-refractivity contribution < 1.29 is 0 Å². The summed E-state index contributed by atoms with van der Waals surface area (Å²) in [6, 6.07) is 68.0. The van der Waals surface area contributed by atoms with Crippen LogP contribution in [0.4, 0.5) is 17.1 Å². The van der Waals surface area contributed by atoms with Gasteiger partial charge in [0.2, 0.25) is 0 Å². The third-order valence-electron chi connectivity index (χ3n) is 10.4. The molecule has 0 saturated heterocycles. The van der Waals surface area contributed by atoms with Crippen molar-refractivity contribution in [3.63, 3.8) is 0 Å². The van der Waals surface area contributed by atoms with Crippen molar-refractivity contribution in [1.29, 1.82) is 0 Å². The molecule has 0 aliphatic carbocycles. The first kappa shape index (κ1) is 32.2. The van der Waals surface area contributed by atoms with Crippen molar-refractivity contribution in [3.8, 4) is 22.3 Å². The van der Waals surface area contributed by atoms with Gasteiger partial charge in [-0.1, -0.05) is 152 Å². The highest BCUT2D eigenvalue weighted by atomic mass is 15.1. The van der Waals surface area contributed by atoms with Gasteiger partial charge < -0.3 is 4.90 Å². The lowest BCUT2D eigenvalue weighted by Crippen LogP contribution is -2.10. The Hall–Kier alpha value is -6.70. The molecule has 9 aromatic carbocycles. The summed E-state index contributed by atoms with van der Waals surface area (Å²) >= 11 is 0. The molecule has 0 radical (unpaired) electrons. The van der Waals surface area contributed by atoms with Gasteiger partial charge >= 0.3 is 0 Å². The lowest BCUT2D eigenvalue weighted by Gasteiger charge is -2.26. The van der Waals surface area contributed by atoms with E-state index < -0.39 is 0 Å². The van der Waals surface area contributed by atoms with E-state index in [9.17, 15) is 0 Å². The van der Waals surface area contributed by atoms with Gasteiger partial charge in [-0.15, -0.1) is 0 Å². The molecular weight excluding hydrogens is 639 g/mol.